The Kier molecular flexibility index (Phi) is 6.08. The van der Waals surface area contributed by atoms with Gasteiger partial charge in [-0.3, -0.25) is 0 Å². The van der Waals surface area contributed by atoms with E-state index >= 15 is 0 Å². The summed E-state index contributed by atoms with van der Waals surface area (Å²) >= 11 is 3.57. The van der Waals surface area contributed by atoms with Gasteiger partial charge in [-0.2, -0.15) is 0 Å². The van der Waals surface area contributed by atoms with Gasteiger partial charge in [0.05, 0.1) is 11.6 Å². The molecule has 0 unspecified atom stereocenters. The number of rotatable bonds is 7. The summed E-state index contributed by atoms with van der Waals surface area (Å²) in [5.41, 5.74) is 1.22. The molecule has 0 heterocycles. The normalized spacial score (nSPS) is 10.4. The smallest absolute Gasteiger partial charge is 0.169 e. The zero-order valence-electron chi connectivity index (χ0n) is 12.4. The Hall–Kier alpha value is -1.52. The predicted octanol–water partition coefficient (Wildman–Crippen LogP) is 4.75. The van der Waals surface area contributed by atoms with Crippen molar-refractivity contribution in [1.82, 2.24) is 5.32 Å². The standard InChI is InChI=1S/C17H20BrNO2/c1-3-10-19-12-13-8-9-15(14(18)11-13)21-17-7-5-4-6-16(17)20-2/h4-9,11,19H,3,10,12H2,1-2H3. The lowest BCUT2D eigenvalue weighted by atomic mass is 10.2. The molecule has 0 aliphatic rings. The third-order valence-corrected chi connectivity index (χ3v) is 3.66. The molecule has 0 amide bonds. The fourth-order valence-corrected chi connectivity index (χ4v) is 2.48. The maximum absolute atomic E-state index is 5.92. The van der Waals surface area contributed by atoms with Gasteiger partial charge in [0.2, 0.25) is 0 Å². The van der Waals surface area contributed by atoms with Crippen molar-refractivity contribution < 1.29 is 9.47 Å². The van der Waals surface area contributed by atoms with E-state index in [1.54, 1.807) is 7.11 Å². The second-order valence-electron chi connectivity index (χ2n) is 4.69. The van der Waals surface area contributed by atoms with Crippen LogP contribution in [-0.4, -0.2) is 13.7 Å². The molecule has 21 heavy (non-hydrogen) atoms. The molecule has 0 bridgehead atoms. The molecular formula is C17H20BrNO2. The molecule has 1 N–H and O–H groups in total. The van der Waals surface area contributed by atoms with Gasteiger partial charge in [-0.1, -0.05) is 25.1 Å². The van der Waals surface area contributed by atoms with Crippen molar-refractivity contribution in [3.8, 4) is 17.2 Å². The summed E-state index contributed by atoms with van der Waals surface area (Å²) in [6.07, 6.45) is 1.14. The Morgan fingerprint density at radius 2 is 1.81 bits per heavy atom. The summed E-state index contributed by atoms with van der Waals surface area (Å²) in [7, 11) is 1.64. The molecule has 112 valence electrons. The van der Waals surface area contributed by atoms with Gasteiger partial charge < -0.3 is 14.8 Å². The average molecular weight is 350 g/mol. The maximum atomic E-state index is 5.92. The van der Waals surface area contributed by atoms with Crippen molar-refractivity contribution in [2.45, 2.75) is 19.9 Å². The summed E-state index contributed by atoms with van der Waals surface area (Å²) in [4.78, 5) is 0. The molecule has 4 heteroatoms. The van der Waals surface area contributed by atoms with Gasteiger partial charge in [0, 0.05) is 6.54 Å². The third-order valence-electron chi connectivity index (χ3n) is 3.04. The molecule has 3 nitrogen and oxygen atoms in total. The van der Waals surface area contributed by atoms with Crippen molar-refractivity contribution >= 4 is 15.9 Å². The maximum Gasteiger partial charge on any atom is 0.169 e. The number of ether oxygens (including phenoxy) is 2. The lowest BCUT2D eigenvalue weighted by Crippen LogP contribution is -2.13. The van der Waals surface area contributed by atoms with Crippen molar-refractivity contribution in [3.05, 3.63) is 52.5 Å². The predicted molar refractivity (Wildman–Crippen MR) is 89.2 cm³/mol. The van der Waals surface area contributed by atoms with Crippen molar-refractivity contribution in [3.63, 3.8) is 0 Å². The molecule has 0 atom stereocenters. The van der Waals surface area contributed by atoms with E-state index < -0.39 is 0 Å². The molecule has 0 fully saturated rings. The van der Waals surface area contributed by atoms with Crippen LogP contribution in [0, 0.1) is 0 Å². The van der Waals surface area contributed by atoms with Crippen molar-refractivity contribution in [2.75, 3.05) is 13.7 Å². The van der Waals surface area contributed by atoms with Gasteiger partial charge >= 0.3 is 0 Å². The Morgan fingerprint density at radius 1 is 1.05 bits per heavy atom. The van der Waals surface area contributed by atoms with Crippen LogP contribution in [0.15, 0.2) is 46.9 Å². The minimum absolute atomic E-state index is 0.706. The van der Waals surface area contributed by atoms with E-state index in [4.69, 9.17) is 9.47 Å². The number of benzene rings is 2. The van der Waals surface area contributed by atoms with E-state index in [0.29, 0.717) is 5.75 Å². The number of hydrogen-bond acceptors (Lipinski definition) is 3. The number of para-hydroxylation sites is 2. The van der Waals surface area contributed by atoms with Crippen LogP contribution in [0.5, 0.6) is 17.2 Å². The summed E-state index contributed by atoms with van der Waals surface area (Å²) in [5.74, 6) is 2.20. The van der Waals surface area contributed by atoms with Crippen LogP contribution in [-0.2, 0) is 6.54 Å². The van der Waals surface area contributed by atoms with Gasteiger partial charge in [0.1, 0.15) is 5.75 Å². The molecule has 0 radical (unpaired) electrons. The quantitative estimate of drug-likeness (QED) is 0.731. The average Bonchev–Trinajstić information content (AvgIpc) is 2.50. The Morgan fingerprint density at radius 3 is 2.48 bits per heavy atom. The number of methoxy groups -OCH3 is 1. The molecule has 0 saturated carbocycles. The molecular weight excluding hydrogens is 330 g/mol. The van der Waals surface area contributed by atoms with Crippen LogP contribution in [0.2, 0.25) is 0 Å². The van der Waals surface area contributed by atoms with Gasteiger partial charge in [-0.25, -0.2) is 0 Å². The Balaban J connectivity index is 2.10. The molecule has 2 rings (SSSR count). The molecule has 0 aromatic heterocycles. The second-order valence-corrected chi connectivity index (χ2v) is 5.55. The largest absolute Gasteiger partial charge is 0.493 e. The first-order chi connectivity index (χ1) is 10.2. The highest BCUT2D eigenvalue weighted by Gasteiger charge is 2.08. The minimum Gasteiger partial charge on any atom is -0.493 e. The van der Waals surface area contributed by atoms with Crippen molar-refractivity contribution in [2.24, 2.45) is 0 Å². The number of hydrogen-bond donors (Lipinski definition) is 1. The molecule has 2 aromatic rings. The zero-order valence-corrected chi connectivity index (χ0v) is 13.9. The molecule has 2 aromatic carbocycles. The van der Waals surface area contributed by atoms with E-state index in [9.17, 15) is 0 Å². The topological polar surface area (TPSA) is 30.5 Å². The van der Waals surface area contributed by atoms with E-state index in [-0.39, 0.29) is 0 Å². The summed E-state index contributed by atoms with van der Waals surface area (Å²) in [5, 5.41) is 3.38. The summed E-state index contributed by atoms with van der Waals surface area (Å²) < 4.78 is 12.2. The van der Waals surface area contributed by atoms with E-state index in [2.05, 4.69) is 40.3 Å². The lowest BCUT2D eigenvalue weighted by molar-refractivity contribution is 0.378. The van der Waals surface area contributed by atoms with Gasteiger partial charge in [-0.15, -0.1) is 0 Å². The van der Waals surface area contributed by atoms with E-state index in [1.807, 2.05) is 30.3 Å². The van der Waals surface area contributed by atoms with Gasteiger partial charge in [0.25, 0.3) is 0 Å². The van der Waals surface area contributed by atoms with Gasteiger partial charge in [0.15, 0.2) is 11.5 Å². The number of nitrogens with one attached hydrogen (secondary N) is 1. The first-order valence-corrected chi connectivity index (χ1v) is 7.84. The van der Waals surface area contributed by atoms with Crippen LogP contribution in [0.1, 0.15) is 18.9 Å². The minimum atomic E-state index is 0.706. The summed E-state index contributed by atoms with van der Waals surface area (Å²) in [6.45, 7) is 4.05. The first kappa shape index (κ1) is 15.9. The third kappa shape index (κ3) is 4.48. The molecule has 0 saturated heterocycles. The Labute approximate surface area is 134 Å². The van der Waals surface area contributed by atoms with E-state index in [0.717, 1.165) is 35.5 Å². The molecule has 0 aliphatic heterocycles. The zero-order chi connectivity index (χ0) is 15.1. The van der Waals surface area contributed by atoms with Crippen molar-refractivity contribution in [1.29, 1.82) is 0 Å². The van der Waals surface area contributed by atoms with Gasteiger partial charge in [-0.05, 0) is 58.7 Å². The summed E-state index contributed by atoms with van der Waals surface area (Å²) in [6, 6.07) is 13.7. The highest BCUT2D eigenvalue weighted by Crippen LogP contribution is 2.35. The highest BCUT2D eigenvalue weighted by molar-refractivity contribution is 9.10. The fourth-order valence-electron chi connectivity index (χ4n) is 1.97. The van der Waals surface area contributed by atoms with Crippen LogP contribution in [0.25, 0.3) is 0 Å². The number of halogens is 1. The van der Waals surface area contributed by atoms with E-state index in [1.165, 1.54) is 5.56 Å². The second kappa shape index (κ2) is 8.05. The molecule has 0 spiro atoms. The fraction of sp³-hybridized carbons (Fsp3) is 0.294. The lowest BCUT2D eigenvalue weighted by Gasteiger charge is -2.12. The van der Waals surface area contributed by atoms with Crippen LogP contribution >= 0.6 is 15.9 Å². The van der Waals surface area contributed by atoms with Crippen LogP contribution in [0.4, 0.5) is 0 Å². The monoisotopic (exact) mass is 349 g/mol. The SMILES string of the molecule is CCCNCc1ccc(Oc2ccccc2OC)c(Br)c1. The first-order valence-electron chi connectivity index (χ1n) is 7.04. The highest BCUT2D eigenvalue weighted by atomic mass is 79.9. The van der Waals surface area contributed by atoms with Crippen LogP contribution in [0.3, 0.4) is 0 Å². The molecule has 0 aliphatic carbocycles. The van der Waals surface area contributed by atoms with Crippen LogP contribution < -0.4 is 14.8 Å². The Bertz CT molecular complexity index is 587.